The Hall–Kier alpha value is -3.15. The van der Waals surface area contributed by atoms with E-state index in [1.807, 2.05) is 38.2 Å². The number of imidazole rings is 1. The number of halogens is 1. The summed E-state index contributed by atoms with van der Waals surface area (Å²) in [6.45, 7) is 3.06. The van der Waals surface area contributed by atoms with Gasteiger partial charge in [0.2, 0.25) is 0 Å². The Morgan fingerprint density at radius 2 is 1.92 bits per heavy atom. The second kappa shape index (κ2) is 7.82. The van der Waals surface area contributed by atoms with Crippen LogP contribution in [-0.2, 0) is 6.54 Å². The SMILES string of the molecule is CCN(C(=O)c1cccc(F)c1)c1cccc(N(C)Cc2cnc[nH]2)c1. The van der Waals surface area contributed by atoms with E-state index in [0.29, 0.717) is 18.7 Å². The third-order valence-electron chi connectivity index (χ3n) is 4.18. The van der Waals surface area contributed by atoms with Crippen LogP contribution in [0.1, 0.15) is 23.0 Å². The maximum atomic E-state index is 13.5. The summed E-state index contributed by atoms with van der Waals surface area (Å²) in [4.78, 5) is 23.6. The van der Waals surface area contributed by atoms with Crippen molar-refractivity contribution in [2.45, 2.75) is 13.5 Å². The van der Waals surface area contributed by atoms with E-state index in [2.05, 4.69) is 14.9 Å². The van der Waals surface area contributed by atoms with E-state index >= 15 is 0 Å². The quantitative estimate of drug-likeness (QED) is 0.733. The number of nitrogens with one attached hydrogen (secondary N) is 1. The van der Waals surface area contributed by atoms with E-state index in [9.17, 15) is 9.18 Å². The zero-order valence-electron chi connectivity index (χ0n) is 14.8. The van der Waals surface area contributed by atoms with Gasteiger partial charge in [-0.05, 0) is 43.3 Å². The fourth-order valence-electron chi connectivity index (χ4n) is 2.84. The molecule has 1 amide bonds. The van der Waals surface area contributed by atoms with Crippen molar-refractivity contribution in [3.8, 4) is 0 Å². The molecule has 0 unspecified atom stereocenters. The fraction of sp³-hybridized carbons (Fsp3) is 0.200. The number of anilines is 2. The van der Waals surface area contributed by atoms with Gasteiger partial charge in [0.1, 0.15) is 5.82 Å². The molecule has 134 valence electrons. The molecule has 2 aromatic carbocycles. The molecule has 1 N–H and O–H groups in total. The minimum atomic E-state index is -0.417. The van der Waals surface area contributed by atoms with Crippen molar-refractivity contribution >= 4 is 17.3 Å². The number of amides is 1. The van der Waals surface area contributed by atoms with E-state index < -0.39 is 5.82 Å². The number of carbonyl (C=O) groups excluding carboxylic acids is 1. The number of aromatic nitrogens is 2. The van der Waals surface area contributed by atoms with Crippen LogP contribution in [0.25, 0.3) is 0 Å². The number of hydrogen-bond acceptors (Lipinski definition) is 3. The predicted molar refractivity (Wildman–Crippen MR) is 101 cm³/mol. The summed E-state index contributed by atoms with van der Waals surface area (Å²) >= 11 is 0. The lowest BCUT2D eigenvalue weighted by atomic mass is 10.1. The number of H-pyrrole nitrogens is 1. The van der Waals surface area contributed by atoms with Gasteiger partial charge in [-0.1, -0.05) is 12.1 Å². The number of carbonyl (C=O) groups is 1. The molecule has 0 saturated carbocycles. The van der Waals surface area contributed by atoms with E-state index in [0.717, 1.165) is 17.1 Å². The van der Waals surface area contributed by atoms with Crippen LogP contribution in [0.5, 0.6) is 0 Å². The van der Waals surface area contributed by atoms with Crippen molar-refractivity contribution in [2.24, 2.45) is 0 Å². The largest absolute Gasteiger partial charge is 0.369 e. The van der Waals surface area contributed by atoms with Gasteiger partial charge in [0.25, 0.3) is 5.91 Å². The lowest BCUT2D eigenvalue weighted by Crippen LogP contribution is -2.31. The molecule has 0 saturated heterocycles. The van der Waals surface area contributed by atoms with Crippen LogP contribution >= 0.6 is 0 Å². The van der Waals surface area contributed by atoms with E-state index in [1.54, 1.807) is 29.6 Å². The first-order chi connectivity index (χ1) is 12.6. The maximum absolute atomic E-state index is 13.5. The van der Waals surface area contributed by atoms with Gasteiger partial charge in [-0.2, -0.15) is 0 Å². The van der Waals surface area contributed by atoms with Gasteiger partial charge >= 0.3 is 0 Å². The lowest BCUT2D eigenvalue weighted by Gasteiger charge is -2.24. The second-order valence-electron chi connectivity index (χ2n) is 6.01. The zero-order chi connectivity index (χ0) is 18.5. The van der Waals surface area contributed by atoms with Crippen LogP contribution in [-0.4, -0.2) is 29.5 Å². The van der Waals surface area contributed by atoms with Gasteiger partial charge in [0.15, 0.2) is 0 Å². The van der Waals surface area contributed by atoms with Crippen LogP contribution in [0.2, 0.25) is 0 Å². The molecule has 0 radical (unpaired) electrons. The summed E-state index contributed by atoms with van der Waals surface area (Å²) in [6.07, 6.45) is 3.43. The number of nitrogens with zero attached hydrogens (tertiary/aromatic N) is 3. The van der Waals surface area contributed by atoms with Crippen LogP contribution in [0, 0.1) is 5.82 Å². The molecule has 0 bridgehead atoms. The summed E-state index contributed by atoms with van der Waals surface area (Å²) in [5.74, 6) is -0.639. The highest BCUT2D eigenvalue weighted by Gasteiger charge is 2.17. The molecule has 0 aliphatic heterocycles. The summed E-state index contributed by atoms with van der Waals surface area (Å²) in [6, 6.07) is 13.5. The molecule has 6 heteroatoms. The molecular weight excluding hydrogens is 331 g/mol. The van der Waals surface area contributed by atoms with E-state index in [-0.39, 0.29) is 5.91 Å². The van der Waals surface area contributed by atoms with Gasteiger partial charge in [0.05, 0.1) is 18.6 Å². The van der Waals surface area contributed by atoms with Gasteiger partial charge in [-0.3, -0.25) is 4.79 Å². The Balaban J connectivity index is 1.84. The van der Waals surface area contributed by atoms with Gasteiger partial charge in [0, 0.05) is 36.7 Å². The minimum Gasteiger partial charge on any atom is -0.369 e. The Labute approximate surface area is 152 Å². The van der Waals surface area contributed by atoms with E-state index in [1.165, 1.54) is 12.1 Å². The van der Waals surface area contributed by atoms with Crippen LogP contribution in [0.3, 0.4) is 0 Å². The van der Waals surface area contributed by atoms with Crippen molar-refractivity contribution in [1.29, 1.82) is 0 Å². The number of hydrogen-bond donors (Lipinski definition) is 1. The summed E-state index contributed by atoms with van der Waals surface area (Å²) in [5.41, 5.74) is 3.09. The Kier molecular flexibility index (Phi) is 5.31. The molecular formula is C20H21FN4O. The summed E-state index contributed by atoms with van der Waals surface area (Å²) in [5, 5.41) is 0. The molecule has 0 fully saturated rings. The third-order valence-corrected chi connectivity index (χ3v) is 4.18. The lowest BCUT2D eigenvalue weighted by molar-refractivity contribution is 0.0988. The van der Waals surface area contributed by atoms with Crippen LogP contribution in [0.15, 0.2) is 61.1 Å². The first-order valence-corrected chi connectivity index (χ1v) is 8.44. The molecule has 0 aliphatic rings. The molecule has 5 nitrogen and oxygen atoms in total. The van der Waals surface area contributed by atoms with Crippen molar-refractivity contribution in [1.82, 2.24) is 9.97 Å². The molecule has 0 spiro atoms. The Morgan fingerprint density at radius 1 is 1.15 bits per heavy atom. The highest BCUT2D eigenvalue weighted by atomic mass is 19.1. The molecule has 3 aromatic rings. The summed E-state index contributed by atoms with van der Waals surface area (Å²) in [7, 11) is 1.98. The summed E-state index contributed by atoms with van der Waals surface area (Å²) < 4.78 is 13.5. The molecule has 0 aliphatic carbocycles. The minimum absolute atomic E-state index is 0.222. The maximum Gasteiger partial charge on any atom is 0.258 e. The highest BCUT2D eigenvalue weighted by molar-refractivity contribution is 6.06. The average Bonchev–Trinajstić information content (AvgIpc) is 3.15. The standard InChI is InChI=1S/C20H21FN4O/c1-3-25(20(26)15-6-4-7-16(21)10-15)19-9-5-8-18(11-19)24(2)13-17-12-22-14-23-17/h4-12,14H,3,13H2,1-2H3,(H,22,23). The Morgan fingerprint density at radius 3 is 2.62 bits per heavy atom. The number of benzene rings is 2. The van der Waals surface area contributed by atoms with Crippen LogP contribution in [0.4, 0.5) is 15.8 Å². The fourth-order valence-corrected chi connectivity index (χ4v) is 2.84. The number of rotatable bonds is 6. The van der Waals surface area contributed by atoms with Crippen molar-refractivity contribution in [3.05, 3.63) is 78.1 Å². The zero-order valence-corrected chi connectivity index (χ0v) is 14.8. The molecule has 26 heavy (non-hydrogen) atoms. The normalized spacial score (nSPS) is 10.6. The monoisotopic (exact) mass is 352 g/mol. The van der Waals surface area contributed by atoms with Gasteiger partial charge in [-0.15, -0.1) is 0 Å². The van der Waals surface area contributed by atoms with Gasteiger partial charge < -0.3 is 14.8 Å². The predicted octanol–water partition coefficient (Wildman–Crippen LogP) is 3.85. The topological polar surface area (TPSA) is 52.2 Å². The molecule has 1 heterocycles. The van der Waals surface area contributed by atoms with Gasteiger partial charge in [-0.25, -0.2) is 9.37 Å². The highest BCUT2D eigenvalue weighted by Crippen LogP contribution is 2.24. The molecule has 0 atom stereocenters. The second-order valence-corrected chi connectivity index (χ2v) is 6.01. The smallest absolute Gasteiger partial charge is 0.258 e. The first kappa shape index (κ1) is 17.7. The van der Waals surface area contributed by atoms with E-state index in [4.69, 9.17) is 0 Å². The Bertz CT molecular complexity index is 879. The first-order valence-electron chi connectivity index (χ1n) is 8.44. The van der Waals surface area contributed by atoms with Crippen molar-refractivity contribution < 1.29 is 9.18 Å². The third kappa shape index (κ3) is 3.91. The van der Waals surface area contributed by atoms with Crippen molar-refractivity contribution in [3.63, 3.8) is 0 Å². The number of aromatic amines is 1. The molecule has 3 rings (SSSR count). The molecule has 1 aromatic heterocycles. The van der Waals surface area contributed by atoms with Crippen molar-refractivity contribution in [2.75, 3.05) is 23.4 Å². The average molecular weight is 352 g/mol. The van der Waals surface area contributed by atoms with Crippen LogP contribution < -0.4 is 9.80 Å².